The molecule has 2 heteroatoms. The van der Waals surface area contributed by atoms with E-state index in [4.69, 9.17) is 0 Å². The van der Waals surface area contributed by atoms with Gasteiger partial charge < -0.3 is 0 Å². The highest BCUT2D eigenvalue weighted by molar-refractivity contribution is 5.84. The molecule has 0 spiro atoms. The van der Waals surface area contributed by atoms with Crippen LogP contribution in [0, 0.1) is 29.4 Å². The summed E-state index contributed by atoms with van der Waals surface area (Å²) in [5, 5.41) is 1.38. The fourth-order valence-electron chi connectivity index (χ4n) is 4.41. The largest absolute Gasteiger partial charge is 0.204 e. The zero-order valence-electron chi connectivity index (χ0n) is 17.6. The summed E-state index contributed by atoms with van der Waals surface area (Å²) in [7, 11) is 0. The van der Waals surface area contributed by atoms with Crippen molar-refractivity contribution in [2.45, 2.75) is 57.8 Å². The summed E-state index contributed by atoms with van der Waals surface area (Å²) >= 11 is 0. The summed E-state index contributed by atoms with van der Waals surface area (Å²) in [4.78, 5) is 0. The van der Waals surface area contributed by atoms with Crippen molar-refractivity contribution in [3.8, 4) is 11.8 Å². The van der Waals surface area contributed by atoms with Crippen molar-refractivity contribution in [2.24, 2.45) is 5.92 Å². The van der Waals surface area contributed by atoms with Crippen LogP contribution < -0.4 is 0 Å². The van der Waals surface area contributed by atoms with Crippen molar-refractivity contribution >= 4 is 10.8 Å². The maximum atomic E-state index is 13.5. The standard InChI is InChI=1S/C28H28F2/c1-2-3-4-20-7-12-23(13-8-20)24-14-9-21(10-15-24)5-6-22-11-16-25-18-27(29)28(30)19-26(25)17-22/h7-8,11-13,16-19,21,24H,2-4,9-10,14-15H2,1H3. The van der Waals surface area contributed by atoms with Crippen LogP contribution in [0.5, 0.6) is 0 Å². The molecule has 154 valence electrons. The molecule has 0 aromatic heterocycles. The Morgan fingerprint density at radius 2 is 1.53 bits per heavy atom. The van der Waals surface area contributed by atoms with Gasteiger partial charge in [-0.1, -0.05) is 55.5 Å². The Bertz CT molecular complexity index is 1060. The maximum Gasteiger partial charge on any atom is 0.159 e. The van der Waals surface area contributed by atoms with E-state index in [0.29, 0.717) is 22.6 Å². The highest BCUT2D eigenvalue weighted by atomic mass is 19.2. The smallest absolute Gasteiger partial charge is 0.159 e. The fourth-order valence-corrected chi connectivity index (χ4v) is 4.41. The lowest BCUT2D eigenvalue weighted by molar-refractivity contribution is 0.384. The van der Waals surface area contributed by atoms with Gasteiger partial charge in [0.2, 0.25) is 0 Å². The summed E-state index contributed by atoms with van der Waals surface area (Å²) in [5.74, 6) is 6.09. The molecular formula is C28H28F2. The monoisotopic (exact) mass is 402 g/mol. The van der Waals surface area contributed by atoms with Crippen molar-refractivity contribution in [1.29, 1.82) is 0 Å². The summed E-state index contributed by atoms with van der Waals surface area (Å²) in [6.07, 6.45) is 8.25. The molecule has 4 rings (SSSR count). The minimum absolute atomic E-state index is 0.408. The molecule has 1 saturated carbocycles. The molecule has 0 heterocycles. The van der Waals surface area contributed by atoms with Crippen molar-refractivity contribution in [1.82, 2.24) is 0 Å². The Kier molecular flexibility index (Phi) is 6.48. The second kappa shape index (κ2) is 9.43. The summed E-state index contributed by atoms with van der Waals surface area (Å²) in [5.41, 5.74) is 3.77. The second-order valence-corrected chi connectivity index (χ2v) is 8.49. The first-order chi connectivity index (χ1) is 14.6. The Hall–Kier alpha value is -2.66. The summed E-state index contributed by atoms with van der Waals surface area (Å²) in [6.45, 7) is 2.23. The summed E-state index contributed by atoms with van der Waals surface area (Å²) < 4.78 is 26.9. The highest BCUT2D eigenvalue weighted by Crippen LogP contribution is 2.35. The summed E-state index contributed by atoms with van der Waals surface area (Å²) in [6, 6.07) is 17.3. The molecule has 1 fully saturated rings. The second-order valence-electron chi connectivity index (χ2n) is 8.49. The number of hydrogen-bond donors (Lipinski definition) is 0. The van der Waals surface area contributed by atoms with Crippen LogP contribution in [-0.2, 0) is 6.42 Å². The molecule has 0 bridgehead atoms. The van der Waals surface area contributed by atoms with Crippen LogP contribution in [0.4, 0.5) is 8.78 Å². The van der Waals surface area contributed by atoms with E-state index in [0.717, 1.165) is 18.4 Å². The minimum atomic E-state index is -0.815. The van der Waals surface area contributed by atoms with Crippen molar-refractivity contribution < 1.29 is 8.78 Å². The molecule has 0 radical (unpaired) electrons. The molecule has 1 aliphatic rings. The van der Waals surface area contributed by atoms with Gasteiger partial charge in [-0.2, -0.15) is 0 Å². The van der Waals surface area contributed by atoms with Crippen molar-refractivity contribution in [3.05, 3.63) is 82.9 Å². The van der Waals surface area contributed by atoms with Crippen LogP contribution in [0.3, 0.4) is 0 Å². The van der Waals surface area contributed by atoms with E-state index in [2.05, 4.69) is 43.0 Å². The lowest BCUT2D eigenvalue weighted by Crippen LogP contribution is -2.12. The molecule has 0 nitrogen and oxygen atoms in total. The van der Waals surface area contributed by atoms with Crippen LogP contribution in [0.15, 0.2) is 54.6 Å². The van der Waals surface area contributed by atoms with Gasteiger partial charge in [0.1, 0.15) is 0 Å². The third-order valence-corrected chi connectivity index (χ3v) is 6.30. The molecule has 0 aliphatic heterocycles. The van der Waals surface area contributed by atoms with Crippen LogP contribution in [0.2, 0.25) is 0 Å². The average molecular weight is 403 g/mol. The predicted octanol–water partition coefficient (Wildman–Crippen LogP) is 7.79. The molecule has 0 atom stereocenters. The third-order valence-electron chi connectivity index (χ3n) is 6.30. The van der Waals surface area contributed by atoms with E-state index in [-0.39, 0.29) is 0 Å². The zero-order chi connectivity index (χ0) is 20.9. The van der Waals surface area contributed by atoms with E-state index in [9.17, 15) is 8.78 Å². The molecule has 30 heavy (non-hydrogen) atoms. The number of rotatable bonds is 4. The molecule has 1 aliphatic carbocycles. The number of halogens is 2. The number of unbranched alkanes of at least 4 members (excludes halogenated alkanes) is 1. The molecule has 3 aromatic carbocycles. The zero-order valence-corrected chi connectivity index (χ0v) is 17.6. The van der Waals surface area contributed by atoms with E-state index >= 15 is 0 Å². The third kappa shape index (κ3) is 4.90. The number of benzene rings is 3. The van der Waals surface area contributed by atoms with E-state index in [1.807, 2.05) is 18.2 Å². The number of aryl methyl sites for hydroxylation is 1. The minimum Gasteiger partial charge on any atom is -0.204 e. The predicted molar refractivity (Wildman–Crippen MR) is 120 cm³/mol. The van der Waals surface area contributed by atoms with Crippen molar-refractivity contribution in [3.63, 3.8) is 0 Å². The van der Waals surface area contributed by atoms with Gasteiger partial charge in [-0.25, -0.2) is 8.78 Å². The van der Waals surface area contributed by atoms with E-state index in [1.165, 1.54) is 55.4 Å². The van der Waals surface area contributed by atoms with Gasteiger partial charge in [0.15, 0.2) is 11.6 Å². The van der Waals surface area contributed by atoms with Gasteiger partial charge in [-0.3, -0.25) is 0 Å². The van der Waals surface area contributed by atoms with Crippen molar-refractivity contribution in [2.75, 3.05) is 0 Å². The van der Waals surface area contributed by atoms with Gasteiger partial charge in [-0.05, 0) is 90.6 Å². The lowest BCUT2D eigenvalue weighted by Gasteiger charge is -2.26. The van der Waals surface area contributed by atoms with Gasteiger partial charge >= 0.3 is 0 Å². The Balaban J connectivity index is 1.37. The Labute approximate surface area is 178 Å². The molecule has 3 aromatic rings. The molecule has 0 unspecified atom stereocenters. The van der Waals surface area contributed by atoms with Crippen LogP contribution in [-0.4, -0.2) is 0 Å². The Morgan fingerprint density at radius 3 is 2.23 bits per heavy atom. The normalized spacial score (nSPS) is 18.8. The Morgan fingerprint density at radius 1 is 0.833 bits per heavy atom. The first kappa shape index (κ1) is 20.6. The lowest BCUT2D eigenvalue weighted by atomic mass is 9.78. The van der Waals surface area contributed by atoms with Crippen LogP contribution >= 0.6 is 0 Å². The molecule has 0 amide bonds. The van der Waals surface area contributed by atoms with Crippen LogP contribution in [0.25, 0.3) is 10.8 Å². The van der Waals surface area contributed by atoms with Gasteiger partial charge in [0.05, 0.1) is 0 Å². The average Bonchev–Trinajstić information content (AvgIpc) is 2.78. The van der Waals surface area contributed by atoms with Crippen LogP contribution in [0.1, 0.15) is 68.1 Å². The topological polar surface area (TPSA) is 0 Å². The van der Waals surface area contributed by atoms with Gasteiger partial charge in [0, 0.05) is 11.5 Å². The molecule has 0 saturated heterocycles. The highest BCUT2D eigenvalue weighted by Gasteiger charge is 2.21. The van der Waals surface area contributed by atoms with E-state index in [1.54, 1.807) is 0 Å². The SMILES string of the molecule is CCCCc1ccc(C2CCC(C#Cc3ccc4cc(F)c(F)cc4c3)CC2)cc1. The van der Waals surface area contributed by atoms with E-state index < -0.39 is 11.6 Å². The first-order valence-electron chi connectivity index (χ1n) is 11.1. The molecular weight excluding hydrogens is 374 g/mol. The molecule has 0 N–H and O–H groups in total. The van der Waals surface area contributed by atoms with Gasteiger partial charge in [0.25, 0.3) is 0 Å². The fraction of sp³-hybridized carbons (Fsp3) is 0.357. The first-order valence-corrected chi connectivity index (χ1v) is 11.1. The van der Waals surface area contributed by atoms with Gasteiger partial charge in [-0.15, -0.1) is 0 Å². The number of fused-ring (bicyclic) bond motifs is 1. The quantitative estimate of drug-likeness (QED) is 0.391. The maximum absolute atomic E-state index is 13.5. The number of hydrogen-bond acceptors (Lipinski definition) is 0.